The average Bonchev–Trinajstić information content (AvgIpc) is 2.60. The summed E-state index contributed by atoms with van der Waals surface area (Å²) in [7, 11) is 0. The number of rotatable bonds is 1. The van der Waals surface area contributed by atoms with Crippen LogP contribution in [-0.4, -0.2) is 18.0 Å². The second kappa shape index (κ2) is 2.05. The third kappa shape index (κ3) is 0.716. The van der Waals surface area contributed by atoms with Crippen LogP contribution in [0.4, 0.5) is 0 Å². The molecule has 4 heteroatoms. The van der Waals surface area contributed by atoms with Crippen molar-refractivity contribution >= 4 is 11.9 Å². The van der Waals surface area contributed by atoms with Crippen molar-refractivity contribution in [1.29, 1.82) is 0 Å². The molecule has 4 nitrogen and oxygen atoms in total. The molecule has 69 valence electrons. The van der Waals surface area contributed by atoms with Crippen LogP contribution < -0.4 is 0 Å². The molecule has 5 unspecified atom stereocenters. The van der Waals surface area contributed by atoms with Gasteiger partial charge in [-0.15, -0.1) is 0 Å². The molecule has 1 radical (unpaired) electrons. The molecule has 0 spiro atoms. The van der Waals surface area contributed by atoms with Crippen LogP contribution in [0.1, 0.15) is 12.8 Å². The first-order valence-corrected chi connectivity index (χ1v) is 4.60. The molecule has 0 aromatic heterocycles. The van der Waals surface area contributed by atoms with Gasteiger partial charge in [0.05, 0.1) is 11.8 Å². The zero-order valence-corrected chi connectivity index (χ0v) is 6.93. The third-order valence-corrected chi connectivity index (χ3v) is 3.76. The minimum absolute atomic E-state index is 0.0121. The van der Waals surface area contributed by atoms with Crippen molar-refractivity contribution in [2.24, 2.45) is 23.7 Å². The lowest BCUT2D eigenvalue weighted by atomic mass is 9.80. The maximum atomic E-state index is 11.3. The van der Waals surface area contributed by atoms with Crippen molar-refractivity contribution in [1.82, 2.24) is 0 Å². The third-order valence-electron chi connectivity index (χ3n) is 3.76. The summed E-state index contributed by atoms with van der Waals surface area (Å²) in [5.41, 5.74) is 0. The predicted molar refractivity (Wildman–Crippen MR) is 38.8 cm³/mol. The zero-order chi connectivity index (χ0) is 9.16. The number of fused-ring (bicyclic) bond motifs is 1. The summed E-state index contributed by atoms with van der Waals surface area (Å²) in [4.78, 5) is 22.1. The van der Waals surface area contributed by atoms with Crippen LogP contribution in [0.2, 0.25) is 0 Å². The van der Waals surface area contributed by atoms with Crippen LogP contribution in [0.25, 0.3) is 0 Å². The minimum Gasteiger partial charge on any atom is -0.462 e. The molecule has 3 fully saturated rings. The number of carbonyl (C=O) groups is 2. The fraction of sp³-hybridized carbons (Fsp3) is 0.778. The highest BCUT2D eigenvalue weighted by molar-refractivity contribution is 5.84. The van der Waals surface area contributed by atoms with Gasteiger partial charge < -0.3 is 4.74 Å². The lowest BCUT2D eigenvalue weighted by Gasteiger charge is -2.18. The highest BCUT2D eigenvalue weighted by Gasteiger charge is 2.64. The van der Waals surface area contributed by atoms with E-state index < -0.39 is 17.8 Å². The Morgan fingerprint density at radius 3 is 2.85 bits per heavy atom. The summed E-state index contributed by atoms with van der Waals surface area (Å²) >= 11 is 0. The number of esters is 1. The quantitative estimate of drug-likeness (QED) is 0.540. The minimum atomic E-state index is -1.07. The molecule has 5 atom stereocenters. The average molecular weight is 181 g/mol. The van der Waals surface area contributed by atoms with Crippen LogP contribution in [-0.2, 0) is 19.4 Å². The van der Waals surface area contributed by atoms with Crippen molar-refractivity contribution in [3.63, 3.8) is 0 Å². The van der Waals surface area contributed by atoms with Crippen molar-refractivity contribution in [3.05, 3.63) is 0 Å². The first-order chi connectivity index (χ1) is 6.18. The Morgan fingerprint density at radius 1 is 1.38 bits per heavy atom. The van der Waals surface area contributed by atoms with E-state index in [0.29, 0.717) is 0 Å². The second-order valence-corrected chi connectivity index (χ2v) is 4.24. The Hall–Kier alpha value is -1.06. The molecule has 1 heterocycles. The summed E-state index contributed by atoms with van der Waals surface area (Å²) in [6, 6.07) is 0. The smallest absolute Gasteiger partial charge is 0.359 e. The summed E-state index contributed by atoms with van der Waals surface area (Å²) in [5, 5.41) is 10.8. The van der Waals surface area contributed by atoms with E-state index in [9.17, 15) is 14.7 Å². The van der Waals surface area contributed by atoms with Crippen LogP contribution in [0.5, 0.6) is 0 Å². The van der Waals surface area contributed by atoms with Gasteiger partial charge in [-0.2, -0.15) is 0 Å². The van der Waals surface area contributed by atoms with Crippen LogP contribution in [0.15, 0.2) is 0 Å². The van der Waals surface area contributed by atoms with Gasteiger partial charge in [0, 0.05) is 5.92 Å². The lowest BCUT2D eigenvalue weighted by Crippen LogP contribution is -2.31. The Morgan fingerprint density at radius 2 is 2.15 bits per heavy atom. The molecule has 2 aliphatic carbocycles. The van der Waals surface area contributed by atoms with Crippen molar-refractivity contribution in [2.75, 3.05) is 0 Å². The summed E-state index contributed by atoms with van der Waals surface area (Å²) in [6.45, 7) is 0. The molecule has 1 aliphatic heterocycles. The maximum Gasteiger partial charge on any atom is 0.359 e. The van der Waals surface area contributed by atoms with Crippen molar-refractivity contribution < 1.29 is 19.4 Å². The van der Waals surface area contributed by atoms with Gasteiger partial charge in [0.15, 0.2) is 0 Å². The van der Waals surface area contributed by atoms with Gasteiger partial charge in [0.25, 0.3) is 0 Å². The van der Waals surface area contributed by atoms with E-state index in [4.69, 9.17) is 4.74 Å². The fourth-order valence-corrected chi connectivity index (χ4v) is 3.33. The van der Waals surface area contributed by atoms with Crippen molar-refractivity contribution in [2.45, 2.75) is 18.9 Å². The largest absolute Gasteiger partial charge is 0.462 e. The Balaban J connectivity index is 2.01. The van der Waals surface area contributed by atoms with E-state index in [0.717, 1.165) is 12.8 Å². The van der Waals surface area contributed by atoms with Crippen molar-refractivity contribution in [3.8, 4) is 0 Å². The topological polar surface area (TPSA) is 63.3 Å². The van der Waals surface area contributed by atoms with Crippen LogP contribution >= 0.6 is 0 Å². The predicted octanol–water partition coefficient (Wildman–Crippen LogP) is 0.141. The number of carbonyl (C=O) groups excluding carboxylic acids is 2. The number of hydrogen-bond acceptors (Lipinski definition) is 3. The zero-order valence-electron chi connectivity index (χ0n) is 6.93. The standard InChI is InChI=1S/C9H9O4/c10-8(11)6-3-1-4-5(2-3)13-9(12)7(4)6/h3-7H,1-2H2. The van der Waals surface area contributed by atoms with Gasteiger partial charge in [-0.25, -0.2) is 9.90 Å². The first-order valence-electron chi connectivity index (χ1n) is 4.60. The summed E-state index contributed by atoms with van der Waals surface area (Å²) in [5.74, 6) is -2.07. The molecule has 3 rings (SSSR count). The Labute approximate surface area is 74.9 Å². The highest BCUT2D eigenvalue weighted by atomic mass is 16.6. The van der Waals surface area contributed by atoms with Gasteiger partial charge >= 0.3 is 11.9 Å². The Bertz CT molecular complexity index is 296. The van der Waals surface area contributed by atoms with Gasteiger partial charge in [-0.1, -0.05) is 0 Å². The molecule has 13 heavy (non-hydrogen) atoms. The first kappa shape index (κ1) is 7.35. The summed E-state index contributed by atoms with van der Waals surface area (Å²) < 4.78 is 5.09. The summed E-state index contributed by atoms with van der Waals surface area (Å²) in [6.07, 6.45) is 1.57. The van der Waals surface area contributed by atoms with E-state index in [2.05, 4.69) is 0 Å². The number of hydrogen-bond donors (Lipinski definition) is 0. The molecule has 2 bridgehead atoms. The number of ether oxygens (including phenoxy) is 1. The van der Waals surface area contributed by atoms with Crippen LogP contribution in [0, 0.1) is 23.7 Å². The molecule has 1 saturated heterocycles. The van der Waals surface area contributed by atoms with E-state index in [1.54, 1.807) is 0 Å². The second-order valence-electron chi connectivity index (χ2n) is 4.24. The van der Waals surface area contributed by atoms with E-state index in [-0.39, 0.29) is 23.9 Å². The van der Waals surface area contributed by atoms with Gasteiger partial charge in [0.1, 0.15) is 6.10 Å². The molecule has 0 N–H and O–H groups in total. The fourth-order valence-electron chi connectivity index (χ4n) is 3.33. The Kier molecular flexibility index (Phi) is 1.16. The lowest BCUT2D eigenvalue weighted by molar-refractivity contribution is -0.155. The molecule has 0 aromatic rings. The molecule has 3 aliphatic rings. The van der Waals surface area contributed by atoms with E-state index >= 15 is 0 Å². The SMILES string of the molecule is [O]C(=O)C1C2CC3OC(=O)C1C3C2. The normalized spacial score (nSPS) is 51.1. The highest BCUT2D eigenvalue weighted by Crippen LogP contribution is 2.57. The molecular weight excluding hydrogens is 172 g/mol. The molecule has 0 amide bonds. The molecular formula is C9H9O4. The monoisotopic (exact) mass is 181 g/mol. The van der Waals surface area contributed by atoms with E-state index in [1.165, 1.54) is 0 Å². The van der Waals surface area contributed by atoms with Gasteiger partial charge in [0.2, 0.25) is 0 Å². The van der Waals surface area contributed by atoms with Gasteiger partial charge in [-0.05, 0) is 18.8 Å². The molecule has 2 saturated carbocycles. The van der Waals surface area contributed by atoms with Gasteiger partial charge in [-0.3, -0.25) is 4.79 Å². The molecule has 0 aromatic carbocycles. The van der Waals surface area contributed by atoms with Crippen LogP contribution in [0.3, 0.4) is 0 Å². The van der Waals surface area contributed by atoms with E-state index in [1.807, 2.05) is 0 Å². The maximum absolute atomic E-state index is 11.3.